The van der Waals surface area contributed by atoms with Gasteiger partial charge in [-0.2, -0.15) is 0 Å². The first-order valence-corrected chi connectivity index (χ1v) is 7.60. The Morgan fingerprint density at radius 2 is 1.83 bits per heavy atom. The van der Waals surface area contributed by atoms with Crippen molar-refractivity contribution >= 4 is 0 Å². The molecule has 2 nitrogen and oxygen atoms in total. The Morgan fingerprint density at radius 1 is 1.17 bits per heavy atom. The second-order valence-electron chi connectivity index (χ2n) is 6.58. The van der Waals surface area contributed by atoms with Gasteiger partial charge in [0.1, 0.15) is 0 Å². The van der Waals surface area contributed by atoms with E-state index in [1.165, 1.54) is 0 Å². The van der Waals surface area contributed by atoms with Crippen LogP contribution in [0.5, 0.6) is 0 Å². The van der Waals surface area contributed by atoms with Crippen molar-refractivity contribution in [2.45, 2.75) is 58.1 Å². The van der Waals surface area contributed by atoms with Gasteiger partial charge in [0.05, 0.1) is 12.8 Å². The number of piperidine rings is 1. The van der Waals surface area contributed by atoms with Crippen molar-refractivity contribution in [1.82, 2.24) is 4.90 Å². The first-order valence-electron chi connectivity index (χ1n) is 7.60. The molecule has 2 rings (SSSR count). The van der Waals surface area contributed by atoms with E-state index in [1.807, 2.05) is 0 Å². The molecule has 0 radical (unpaired) electrons. The lowest BCUT2D eigenvalue weighted by atomic mass is 9.75. The Morgan fingerprint density at radius 3 is 2.39 bits per heavy atom. The van der Waals surface area contributed by atoms with Gasteiger partial charge in [-0.05, 0) is 62.9 Å². The van der Waals surface area contributed by atoms with Gasteiger partial charge < -0.3 is 5.11 Å². The minimum atomic E-state index is -0.158. The molecule has 0 aromatic rings. The third-order valence-corrected chi connectivity index (χ3v) is 5.03. The molecule has 2 aliphatic rings. The molecule has 3 unspecified atom stereocenters. The number of hydrogen-bond donors (Lipinski definition) is 1. The quantitative estimate of drug-likeness (QED) is 0.840. The molecule has 1 heterocycles. The fraction of sp³-hybridized carbons (Fsp3) is 1.00. The van der Waals surface area contributed by atoms with E-state index in [0.29, 0.717) is 17.9 Å². The van der Waals surface area contributed by atoms with Crippen LogP contribution in [-0.4, -0.2) is 41.9 Å². The van der Waals surface area contributed by atoms with E-state index in [4.69, 9.17) is 0 Å². The van der Waals surface area contributed by atoms with Gasteiger partial charge in [0.2, 0.25) is 0 Å². The van der Waals surface area contributed by atoms with E-state index in [1.54, 1.807) is 0 Å². The number of nitrogens with zero attached hydrogens (tertiary/aromatic N) is 1. The van der Waals surface area contributed by atoms with Gasteiger partial charge in [-0.25, -0.2) is 0 Å². The van der Waals surface area contributed by atoms with Crippen LogP contribution in [-0.2, 0) is 0 Å². The van der Waals surface area contributed by atoms with E-state index in [-0.39, 0.29) is 18.7 Å². The van der Waals surface area contributed by atoms with Crippen LogP contribution in [0.15, 0.2) is 0 Å². The topological polar surface area (TPSA) is 23.5 Å². The summed E-state index contributed by atoms with van der Waals surface area (Å²) in [6, 6.07) is 0.523. The minimum Gasteiger partial charge on any atom is -0.393 e. The van der Waals surface area contributed by atoms with Crippen molar-refractivity contribution in [3.05, 3.63) is 0 Å². The zero-order valence-corrected chi connectivity index (χ0v) is 11.8. The van der Waals surface area contributed by atoms with Crippen LogP contribution in [0.4, 0.5) is 4.39 Å². The number of aliphatic hydroxyl groups is 1. The summed E-state index contributed by atoms with van der Waals surface area (Å²) in [6.45, 7) is 6.48. The molecule has 106 valence electrons. The van der Waals surface area contributed by atoms with Crippen LogP contribution >= 0.6 is 0 Å². The standard InChI is InChI=1S/C15H28FNO/c1-11(2)14-4-3-13(18)9-15(14)17-7-5-12(10-16)6-8-17/h11-15,18H,3-10H2,1-2H3. The van der Waals surface area contributed by atoms with E-state index in [9.17, 15) is 9.50 Å². The summed E-state index contributed by atoms with van der Waals surface area (Å²) < 4.78 is 12.7. The number of likely N-dealkylation sites (tertiary alicyclic amines) is 1. The predicted octanol–water partition coefficient (Wildman–Crippen LogP) is 2.85. The normalized spacial score (nSPS) is 36.2. The molecule has 2 fully saturated rings. The lowest BCUT2D eigenvalue weighted by Gasteiger charge is -2.45. The Kier molecular flexibility index (Phi) is 5.02. The van der Waals surface area contributed by atoms with Crippen LogP contribution in [0, 0.1) is 17.8 Å². The molecule has 1 aliphatic heterocycles. The molecule has 3 heteroatoms. The second-order valence-corrected chi connectivity index (χ2v) is 6.58. The summed E-state index contributed by atoms with van der Waals surface area (Å²) in [5.41, 5.74) is 0. The summed E-state index contributed by atoms with van der Waals surface area (Å²) in [4.78, 5) is 2.53. The molecule has 0 amide bonds. The molecule has 1 saturated heterocycles. The minimum absolute atomic E-state index is 0.121. The van der Waals surface area contributed by atoms with Gasteiger partial charge in [-0.1, -0.05) is 13.8 Å². The summed E-state index contributed by atoms with van der Waals surface area (Å²) in [7, 11) is 0. The summed E-state index contributed by atoms with van der Waals surface area (Å²) in [5, 5.41) is 9.92. The zero-order chi connectivity index (χ0) is 13.1. The van der Waals surface area contributed by atoms with E-state index >= 15 is 0 Å². The van der Waals surface area contributed by atoms with Gasteiger partial charge in [0.25, 0.3) is 0 Å². The smallest absolute Gasteiger partial charge is 0.0923 e. The molecule has 0 bridgehead atoms. The molecule has 18 heavy (non-hydrogen) atoms. The van der Waals surface area contributed by atoms with E-state index < -0.39 is 0 Å². The fourth-order valence-corrected chi connectivity index (χ4v) is 3.78. The van der Waals surface area contributed by atoms with Crippen LogP contribution in [0.1, 0.15) is 46.0 Å². The van der Waals surface area contributed by atoms with Crippen LogP contribution in [0.2, 0.25) is 0 Å². The fourth-order valence-electron chi connectivity index (χ4n) is 3.78. The summed E-state index contributed by atoms with van der Waals surface area (Å²) in [6.07, 6.45) is 4.89. The number of rotatable bonds is 3. The van der Waals surface area contributed by atoms with Crippen molar-refractivity contribution in [3.63, 3.8) is 0 Å². The van der Waals surface area contributed by atoms with E-state index in [2.05, 4.69) is 18.7 Å². The van der Waals surface area contributed by atoms with Crippen molar-refractivity contribution in [2.75, 3.05) is 19.8 Å². The molecular formula is C15H28FNO. The highest BCUT2D eigenvalue weighted by Gasteiger charge is 2.36. The molecule has 1 saturated carbocycles. The predicted molar refractivity (Wildman–Crippen MR) is 72.2 cm³/mol. The third-order valence-electron chi connectivity index (χ3n) is 5.03. The average molecular weight is 257 g/mol. The lowest BCUT2D eigenvalue weighted by molar-refractivity contribution is -0.00356. The third kappa shape index (κ3) is 3.24. The Hall–Kier alpha value is -0.150. The molecular weight excluding hydrogens is 229 g/mol. The van der Waals surface area contributed by atoms with Crippen molar-refractivity contribution in [2.24, 2.45) is 17.8 Å². The molecule has 1 N–H and O–H groups in total. The Bertz CT molecular complexity index is 251. The van der Waals surface area contributed by atoms with Gasteiger partial charge in [-0.15, -0.1) is 0 Å². The number of halogens is 1. The van der Waals surface area contributed by atoms with Crippen molar-refractivity contribution in [3.8, 4) is 0 Å². The molecule has 0 aromatic heterocycles. The molecule has 3 atom stereocenters. The van der Waals surface area contributed by atoms with Gasteiger partial charge in [-0.3, -0.25) is 9.29 Å². The first kappa shape index (κ1) is 14.3. The van der Waals surface area contributed by atoms with Crippen molar-refractivity contribution < 1.29 is 9.50 Å². The highest BCUT2D eigenvalue weighted by atomic mass is 19.1. The van der Waals surface area contributed by atoms with Crippen LogP contribution < -0.4 is 0 Å². The zero-order valence-electron chi connectivity index (χ0n) is 11.8. The lowest BCUT2D eigenvalue weighted by Crippen LogP contribution is -2.50. The maximum atomic E-state index is 12.7. The second kappa shape index (κ2) is 6.33. The first-order chi connectivity index (χ1) is 8.61. The monoisotopic (exact) mass is 257 g/mol. The summed E-state index contributed by atoms with van der Waals surface area (Å²) in [5.74, 6) is 1.67. The Balaban J connectivity index is 1.95. The highest BCUT2D eigenvalue weighted by Crippen LogP contribution is 2.35. The summed E-state index contributed by atoms with van der Waals surface area (Å²) >= 11 is 0. The maximum Gasteiger partial charge on any atom is 0.0923 e. The number of hydrogen-bond acceptors (Lipinski definition) is 2. The number of aliphatic hydroxyl groups excluding tert-OH is 1. The van der Waals surface area contributed by atoms with Crippen LogP contribution in [0.3, 0.4) is 0 Å². The van der Waals surface area contributed by atoms with Gasteiger partial charge in [0.15, 0.2) is 0 Å². The highest BCUT2D eigenvalue weighted by molar-refractivity contribution is 4.90. The van der Waals surface area contributed by atoms with Crippen LogP contribution in [0.25, 0.3) is 0 Å². The largest absolute Gasteiger partial charge is 0.393 e. The van der Waals surface area contributed by atoms with Crippen molar-refractivity contribution in [1.29, 1.82) is 0 Å². The van der Waals surface area contributed by atoms with Gasteiger partial charge in [0, 0.05) is 6.04 Å². The maximum absolute atomic E-state index is 12.7. The average Bonchev–Trinajstić information content (AvgIpc) is 2.38. The number of alkyl halides is 1. The molecule has 1 aliphatic carbocycles. The Labute approximate surface area is 111 Å². The molecule has 0 aromatic carbocycles. The molecule has 0 spiro atoms. The van der Waals surface area contributed by atoms with E-state index in [0.717, 1.165) is 45.2 Å². The van der Waals surface area contributed by atoms with Gasteiger partial charge >= 0.3 is 0 Å². The SMILES string of the molecule is CC(C)C1CCC(O)CC1N1CCC(CF)CC1.